The summed E-state index contributed by atoms with van der Waals surface area (Å²) in [6.07, 6.45) is 1.04. The number of carbonyl (C=O) groups is 3. The summed E-state index contributed by atoms with van der Waals surface area (Å²) in [5.74, 6) is -0.776. The lowest BCUT2D eigenvalue weighted by Crippen LogP contribution is -2.34. The lowest BCUT2D eigenvalue weighted by Gasteiger charge is -2.14. The highest BCUT2D eigenvalue weighted by molar-refractivity contribution is 6.31. The van der Waals surface area contributed by atoms with Gasteiger partial charge in [0.1, 0.15) is 12.4 Å². The van der Waals surface area contributed by atoms with Crippen molar-refractivity contribution in [3.63, 3.8) is 0 Å². The number of amides is 4. The number of aromatic amines is 1. The number of benzene rings is 1. The van der Waals surface area contributed by atoms with Crippen LogP contribution in [0.25, 0.3) is 0 Å². The zero-order valence-electron chi connectivity index (χ0n) is 12.3. The summed E-state index contributed by atoms with van der Waals surface area (Å²) in [6, 6.07) is 5.45. The van der Waals surface area contributed by atoms with Gasteiger partial charge in [-0.05, 0) is 11.6 Å². The number of urea groups is 1. The molecule has 0 unspecified atom stereocenters. The number of carbonyl (C=O) groups excluding carboxylic acids is 3. The number of nitrogens with one attached hydrogen (secondary N) is 3. The fourth-order valence-corrected chi connectivity index (χ4v) is 2.49. The van der Waals surface area contributed by atoms with Gasteiger partial charge in [0.05, 0.1) is 13.0 Å². The monoisotopic (exact) mass is 348 g/mol. The van der Waals surface area contributed by atoms with E-state index in [9.17, 15) is 14.4 Å². The molecule has 0 radical (unpaired) electrons. The van der Waals surface area contributed by atoms with Gasteiger partial charge in [0.2, 0.25) is 11.9 Å². The number of imide groups is 1. The first-order valence-electron chi connectivity index (χ1n) is 7.05. The van der Waals surface area contributed by atoms with Crippen LogP contribution in [0.3, 0.4) is 0 Å². The number of nitrogens with zero attached hydrogens (tertiary/aromatic N) is 3. The van der Waals surface area contributed by atoms with E-state index in [4.69, 9.17) is 11.6 Å². The predicted molar refractivity (Wildman–Crippen MR) is 84.0 cm³/mol. The summed E-state index contributed by atoms with van der Waals surface area (Å²) >= 11 is 6.05. The van der Waals surface area contributed by atoms with Crippen molar-refractivity contribution in [1.82, 2.24) is 25.4 Å². The molecule has 2 heterocycles. The Morgan fingerprint density at radius 2 is 2.12 bits per heavy atom. The highest BCUT2D eigenvalue weighted by atomic mass is 35.5. The summed E-state index contributed by atoms with van der Waals surface area (Å²) in [5, 5.41) is 11.5. The summed E-state index contributed by atoms with van der Waals surface area (Å²) in [7, 11) is 0. The first-order valence-corrected chi connectivity index (χ1v) is 7.43. The average Bonchev–Trinajstić information content (AvgIpc) is 3.13. The van der Waals surface area contributed by atoms with E-state index >= 15 is 0 Å². The van der Waals surface area contributed by atoms with Gasteiger partial charge in [-0.25, -0.2) is 9.89 Å². The zero-order valence-corrected chi connectivity index (χ0v) is 13.1. The average molecular weight is 349 g/mol. The fourth-order valence-electron chi connectivity index (χ4n) is 2.30. The van der Waals surface area contributed by atoms with E-state index in [1.165, 1.54) is 6.33 Å². The third-order valence-corrected chi connectivity index (χ3v) is 3.82. The van der Waals surface area contributed by atoms with Crippen molar-refractivity contribution in [2.45, 2.75) is 19.0 Å². The van der Waals surface area contributed by atoms with Crippen LogP contribution >= 0.6 is 11.6 Å². The number of halogens is 1. The second-order valence-corrected chi connectivity index (χ2v) is 5.51. The van der Waals surface area contributed by atoms with Gasteiger partial charge in [-0.1, -0.05) is 29.8 Å². The van der Waals surface area contributed by atoms with Crippen molar-refractivity contribution in [1.29, 1.82) is 0 Å². The van der Waals surface area contributed by atoms with E-state index in [1.807, 2.05) is 0 Å². The number of H-pyrrole nitrogens is 1. The molecule has 24 heavy (non-hydrogen) atoms. The smallest absolute Gasteiger partial charge is 0.325 e. The van der Waals surface area contributed by atoms with Gasteiger partial charge in [0.25, 0.3) is 5.91 Å². The standard InChI is InChI=1S/C14H13ClN6O3/c15-9-4-2-1-3-8(9)6-21-12(23)10(18-14(21)24)5-11(22)19-13-16-7-17-20-13/h1-4,7,10H,5-6H2,(H,18,24)(H2,16,17,19,20,22)/t10-/m1/s1. The Hall–Kier alpha value is -2.94. The molecule has 1 aliphatic rings. The number of hydrogen-bond donors (Lipinski definition) is 3. The lowest BCUT2D eigenvalue weighted by atomic mass is 10.1. The van der Waals surface area contributed by atoms with Crippen LogP contribution < -0.4 is 10.6 Å². The van der Waals surface area contributed by atoms with E-state index in [0.29, 0.717) is 10.6 Å². The number of anilines is 1. The molecule has 0 saturated carbocycles. The molecule has 124 valence electrons. The van der Waals surface area contributed by atoms with Crippen LogP contribution in [0, 0.1) is 0 Å². The molecule has 0 aliphatic carbocycles. The van der Waals surface area contributed by atoms with Crippen molar-refractivity contribution in [2.75, 3.05) is 5.32 Å². The first kappa shape index (κ1) is 15.9. The van der Waals surface area contributed by atoms with Crippen molar-refractivity contribution in [3.8, 4) is 0 Å². The van der Waals surface area contributed by atoms with Gasteiger partial charge >= 0.3 is 6.03 Å². The Balaban J connectivity index is 1.63. The second kappa shape index (κ2) is 6.67. The van der Waals surface area contributed by atoms with Crippen LogP contribution in [0.2, 0.25) is 5.02 Å². The van der Waals surface area contributed by atoms with E-state index < -0.39 is 23.9 Å². The molecule has 10 heteroatoms. The molecule has 0 spiro atoms. The van der Waals surface area contributed by atoms with Crippen LogP contribution in [-0.2, 0) is 16.1 Å². The lowest BCUT2D eigenvalue weighted by molar-refractivity contribution is -0.130. The summed E-state index contributed by atoms with van der Waals surface area (Å²) in [4.78, 5) is 41.0. The number of aromatic nitrogens is 3. The topological polar surface area (TPSA) is 120 Å². The van der Waals surface area contributed by atoms with Gasteiger partial charge in [-0.15, -0.1) is 0 Å². The molecule has 1 aliphatic heterocycles. The van der Waals surface area contributed by atoms with Crippen LogP contribution in [0.15, 0.2) is 30.6 Å². The van der Waals surface area contributed by atoms with Crippen molar-refractivity contribution in [2.24, 2.45) is 0 Å². The maximum Gasteiger partial charge on any atom is 0.325 e. The molecule has 1 fully saturated rings. The molecule has 1 aromatic carbocycles. The molecule has 1 saturated heterocycles. The van der Waals surface area contributed by atoms with E-state index in [1.54, 1.807) is 24.3 Å². The Morgan fingerprint density at radius 3 is 2.83 bits per heavy atom. The maximum atomic E-state index is 12.4. The number of hydrogen-bond acceptors (Lipinski definition) is 5. The molecule has 0 bridgehead atoms. The van der Waals surface area contributed by atoms with Gasteiger partial charge in [-0.2, -0.15) is 10.1 Å². The van der Waals surface area contributed by atoms with Crippen LogP contribution in [-0.4, -0.2) is 44.0 Å². The molecule has 1 atom stereocenters. The highest BCUT2D eigenvalue weighted by Gasteiger charge is 2.39. The third-order valence-electron chi connectivity index (χ3n) is 3.46. The molecule has 3 N–H and O–H groups in total. The van der Waals surface area contributed by atoms with Gasteiger partial charge in [0.15, 0.2) is 0 Å². The van der Waals surface area contributed by atoms with Crippen LogP contribution in [0.4, 0.5) is 10.7 Å². The van der Waals surface area contributed by atoms with E-state index in [-0.39, 0.29) is 18.9 Å². The predicted octanol–water partition coefficient (Wildman–Crippen LogP) is 0.907. The molecule has 2 aromatic rings. The van der Waals surface area contributed by atoms with E-state index in [2.05, 4.69) is 25.8 Å². The fraction of sp³-hybridized carbons (Fsp3) is 0.214. The van der Waals surface area contributed by atoms with Crippen LogP contribution in [0.5, 0.6) is 0 Å². The Bertz CT molecular complexity index is 779. The largest absolute Gasteiger partial charge is 0.325 e. The quantitative estimate of drug-likeness (QED) is 0.693. The van der Waals surface area contributed by atoms with Gasteiger partial charge in [0, 0.05) is 5.02 Å². The Labute approximate surface area is 141 Å². The van der Waals surface area contributed by atoms with Crippen molar-refractivity contribution >= 4 is 35.4 Å². The summed E-state index contributed by atoms with van der Waals surface area (Å²) < 4.78 is 0. The van der Waals surface area contributed by atoms with Gasteiger partial charge < -0.3 is 5.32 Å². The first-order chi connectivity index (χ1) is 11.5. The zero-order chi connectivity index (χ0) is 17.1. The summed E-state index contributed by atoms with van der Waals surface area (Å²) in [5.41, 5.74) is 0.648. The van der Waals surface area contributed by atoms with Crippen molar-refractivity contribution < 1.29 is 14.4 Å². The maximum absolute atomic E-state index is 12.4. The highest BCUT2D eigenvalue weighted by Crippen LogP contribution is 2.20. The minimum Gasteiger partial charge on any atom is -0.325 e. The molecule has 9 nitrogen and oxygen atoms in total. The molecular weight excluding hydrogens is 336 g/mol. The minimum absolute atomic E-state index is 0.0462. The van der Waals surface area contributed by atoms with Crippen LogP contribution in [0.1, 0.15) is 12.0 Å². The van der Waals surface area contributed by atoms with Crippen molar-refractivity contribution in [3.05, 3.63) is 41.2 Å². The summed E-state index contributed by atoms with van der Waals surface area (Å²) in [6.45, 7) is 0.0462. The minimum atomic E-state index is -0.928. The molecular formula is C14H13ClN6O3. The Morgan fingerprint density at radius 1 is 1.33 bits per heavy atom. The number of rotatable bonds is 5. The molecule has 3 rings (SSSR count). The van der Waals surface area contributed by atoms with E-state index in [0.717, 1.165) is 4.90 Å². The Kier molecular flexibility index (Phi) is 4.43. The third kappa shape index (κ3) is 3.35. The molecule has 1 aromatic heterocycles. The van der Waals surface area contributed by atoms with Gasteiger partial charge in [-0.3, -0.25) is 19.8 Å². The molecule has 4 amide bonds. The SMILES string of the molecule is O=C(C[C@H]1NC(=O)N(Cc2ccccc2Cl)C1=O)Nc1ncn[nH]1. The second-order valence-electron chi connectivity index (χ2n) is 5.10. The normalized spacial score (nSPS) is 17.0.